The van der Waals surface area contributed by atoms with E-state index in [1.54, 1.807) is 18.1 Å². The molecule has 6 nitrogen and oxygen atoms in total. The molecule has 1 N–H and O–H groups in total. The van der Waals surface area contributed by atoms with Crippen LogP contribution in [0.3, 0.4) is 0 Å². The lowest BCUT2D eigenvalue weighted by atomic mass is 10.1. The Bertz CT molecular complexity index is 668. The summed E-state index contributed by atoms with van der Waals surface area (Å²) in [6.45, 7) is 0.973. The van der Waals surface area contributed by atoms with Crippen LogP contribution in [0.4, 0.5) is 4.79 Å². The Hall–Kier alpha value is -2.05. The number of nitrogens with one attached hydrogen (secondary N) is 1. The Balaban J connectivity index is 1.94. The van der Waals surface area contributed by atoms with E-state index in [0.717, 1.165) is 11.4 Å². The van der Waals surface area contributed by atoms with Gasteiger partial charge in [-0.2, -0.15) is 0 Å². The molecule has 1 aromatic heterocycles. The van der Waals surface area contributed by atoms with Gasteiger partial charge in [-0.3, -0.25) is 0 Å². The molecule has 1 aromatic carbocycles. The fourth-order valence-electron chi connectivity index (χ4n) is 2.44. The van der Waals surface area contributed by atoms with Gasteiger partial charge in [-0.25, -0.2) is 9.78 Å². The molecule has 0 aliphatic rings. The van der Waals surface area contributed by atoms with Crippen molar-refractivity contribution in [2.75, 3.05) is 27.7 Å². The highest BCUT2D eigenvalue weighted by atomic mass is 35.5. The summed E-state index contributed by atoms with van der Waals surface area (Å²) >= 11 is 5.95. The SMILES string of the molecule is CN(Cc1nccn1C)C(=O)NC[C@@H](c1ccc(Cl)cc1)N(C)C. The van der Waals surface area contributed by atoms with Crippen LogP contribution >= 0.6 is 11.6 Å². The number of aromatic nitrogens is 2. The van der Waals surface area contributed by atoms with Gasteiger partial charge in [0, 0.05) is 38.1 Å². The summed E-state index contributed by atoms with van der Waals surface area (Å²) in [7, 11) is 7.65. The molecule has 0 aliphatic carbocycles. The van der Waals surface area contributed by atoms with Gasteiger partial charge in [-0.1, -0.05) is 23.7 Å². The minimum Gasteiger partial charge on any atom is -0.337 e. The maximum Gasteiger partial charge on any atom is 0.317 e. The van der Waals surface area contributed by atoms with Crippen LogP contribution < -0.4 is 5.32 Å². The molecule has 0 saturated heterocycles. The Morgan fingerprint density at radius 2 is 1.96 bits per heavy atom. The number of nitrogens with zero attached hydrogens (tertiary/aromatic N) is 4. The van der Waals surface area contributed by atoms with Crippen molar-refractivity contribution in [1.82, 2.24) is 24.7 Å². The average molecular weight is 350 g/mol. The Morgan fingerprint density at radius 1 is 1.29 bits per heavy atom. The fourth-order valence-corrected chi connectivity index (χ4v) is 2.56. The van der Waals surface area contributed by atoms with Gasteiger partial charge < -0.3 is 19.7 Å². The van der Waals surface area contributed by atoms with E-state index in [-0.39, 0.29) is 12.1 Å². The number of carbonyl (C=O) groups is 1. The molecule has 0 spiro atoms. The summed E-state index contributed by atoms with van der Waals surface area (Å²) in [5, 5.41) is 3.69. The zero-order valence-electron chi connectivity index (χ0n) is 14.5. The molecule has 2 aromatic rings. The number of hydrogen-bond acceptors (Lipinski definition) is 3. The van der Waals surface area contributed by atoms with Crippen LogP contribution in [-0.2, 0) is 13.6 Å². The second-order valence-corrected chi connectivity index (χ2v) is 6.46. The van der Waals surface area contributed by atoms with Gasteiger partial charge in [0.15, 0.2) is 0 Å². The topological polar surface area (TPSA) is 53.4 Å². The van der Waals surface area contributed by atoms with Crippen molar-refractivity contribution < 1.29 is 4.79 Å². The molecule has 1 heterocycles. The summed E-state index contributed by atoms with van der Waals surface area (Å²) < 4.78 is 1.90. The van der Waals surface area contributed by atoms with Crippen molar-refractivity contribution in [1.29, 1.82) is 0 Å². The van der Waals surface area contributed by atoms with Gasteiger partial charge in [0.2, 0.25) is 0 Å². The molecule has 0 aliphatic heterocycles. The molecule has 0 saturated carbocycles. The second-order valence-electron chi connectivity index (χ2n) is 6.03. The van der Waals surface area contributed by atoms with E-state index in [1.165, 1.54) is 0 Å². The molecule has 24 heavy (non-hydrogen) atoms. The highest BCUT2D eigenvalue weighted by Gasteiger charge is 2.17. The van der Waals surface area contributed by atoms with Crippen LogP contribution in [-0.4, -0.2) is 53.1 Å². The first-order valence-electron chi connectivity index (χ1n) is 7.75. The van der Waals surface area contributed by atoms with Gasteiger partial charge in [-0.15, -0.1) is 0 Å². The summed E-state index contributed by atoms with van der Waals surface area (Å²) in [5.74, 6) is 0.842. The molecule has 0 bridgehead atoms. The number of benzene rings is 1. The zero-order chi connectivity index (χ0) is 17.7. The van der Waals surface area contributed by atoms with Crippen molar-refractivity contribution in [2.24, 2.45) is 7.05 Å². The predicted octanol–water partition coefficient (Wildman–Crippen LogP) is 2.52. The predicted molar refractivity (Wildman–Crippen MR) is 96.0 cm³/mol. The molecule has 0 unspecified atom stereocenters. The minimum absolute atomic E-state index is 0.0766. The van der Waals surface area contributed by atoms with E-state index in [1.807, 2.05) is 56.2 Å². The standard InChI is InChI=1S/C17H24ClN5O/c1-21(2)15(13-5-7-14(18)8-6-13)11-20-17(24)23(4)12-16-19-9-10-22(16)3/h5-10,15H,11-12H2,1-4H3,(H,20,24)/t15-/m0/s1. The Kier molecular flexibility index (Phi) is 6.23. The molecule has 0 fully saturated rings. The number of imidazole rings is 1. The number of rotatable bonds is 6. The summed E-state index contributed by atoms with van der Waals surface area (Å²) in [6.07, 6.45) is 3.59. The van der Waals surface area contributed by atoms with Gasteiger partial charge in [0.1, 0.15) is 5.82 Å². The third-order valence-corrected chi connectivity index (χ3v) is 4.22. The number of likely N-dealkylation sites (N-methyl/N-ethyl adjacent to an activating group) is 1. The molecule has 1 atom stereocenters. The monoisotopic (exact) mass is 349 g/mol. The first-order chi connectivity index (χ1) is 11.4. The van der Waals surface area contributed by atoms with Crippen LogP contribution in [0.5, 0.6) is 0 Å². The van der Waals surface area contributed by atoms with E-state index in [4.69, 9.17) is 11.6 Å². The van der Waals surface area contributed by atoms with Crippen molar-refractivity contribution in [3.63, 3.8) is 0 Å². The summed E-state index contributed by atoms with van der Waals surface area (Å²) in [5.41, 5.74) is 1.11. The molecule has 2 amide bonds. The second kappa shape index (κ2) is 8.17. The first-order valence-corrected chi connectivity index (χ1v) is 8.13. The number of halogens is 1. The van der Waals surface area contributed by atoms with Gasteiger partial charge in [0.05, 0.1) is 12.6 Å². The molecular formula is C17H24ClN5O. The van der Waals surface area contributed by atoms with E-state index >= 15 is 0 Å². The summed E-state index contributed by atoms with van der Waals surface area (Å²) in [6, 6.07) is 7.64. The van der Waals surface area contributed by atoms with Gasteiger partial charge >= 0.3 is 6.03 Å². The normalized spacial score (nSPS) is 12.2. The Labute approximate surface area is 148 Å². The maximum atomic E-state index is 12.3. The lowest BCUT2D eigenvalue weighted by Crippen LogP contribution is -2.41. The number of aryl methyl sites for hydroxylation is 1. The zero-order valence-corrected chi connectivity index (χ0v) is 15.3. The molecular weight excluding hydrogens is 326 g/mol. The van der Waals surface area contributed by atoms with Crippen molar-refractivity contribution in [2.45, 2.75) is 12.6 Å². The average Bonchev–Trinajstić information content (AvgIpc) is 2.93. The van der Waals surface area contributed by atoms with E-state index < -0.39 is 0 Å². The first kappa shape index (κ1) is 18.3. The molecule has 0 radical (unpaired) electrons. The lowest BCUT2D eigenvalue weighted by molar-refractivity contribution is 0.199. The highest BCUT2D eigenvalue weighted by molar-refractivity contribution is 6.30. The van der Waals surface area contributed by atoms with Gasteiger partial charge in [-0.05, 0) is 31.8 Å². The Morgan fingerprint density at radius 3 is 2.50 bits per heavy atom. The van der Waals surface area contributed by atoms with Crippen LogP contribution in [0.1, 0.15) is 17.4 Å². The summed E-state index contributed by atoms with van der Waals surface area (Å²) in [4.78, 5) is 20.3. The lowest BCUT2D eigenvalue weighted by Gasteiger charge is -2.26. The molecule has 130 valence electrons. The third kappa shape index (κ3) is 4.72. The van der Waals surface area contributed by atoms with Crippen LogP contribution in [0, 0.1) is 0 Å². The number of carbonyl (C=O) groups excluding carboxylic acids is 1. The van der Waals surface area contributed by atoms with Crippen LogP contribution in [0.25, 0.3) is 0 Å². The van der Waals surface area contributed by atoms with Crippen LogP contribution in [0.2, 0.25) is 5.02 Å². The minimum atomic E-state index is -0.126. The quantitative estimate of drug-likeness (QED) is 0.871. The molecule has 7 heteroatoms. The smallest absolute Gasteiger partial charge is 0.317 e. The van der Waals surface area contributed by atoms with E-state index in [0.29, 0.717) is 18.1 Å². The molecule has 2 rings (SSSR count). The van der Waals surface area contributed by atoms with Crippen molar-refractivity contribution in [3.05, 3.63) is 53.1 Å². The highest BCUT2D eigenvalue weighted by Crippen LogP contribution is 2.19. The van der Waals surface area contributed by atoms with Gasteiger partial charge in [0.25, 0.3) is 0 Å². The number of hydrogen-bond donors (Lipinski definition) is 1. The number of urea groups is 1. The van der Waals surface area contributed by atoms with Crippen LogP contribution in [0.15, 0.2) is 36.7 Å². The van der Waals surface area contributed by atoms with Crippen molar-refractivity contribution >= 4 is 17.6 Å². The van der Waals surface area contributed by atoms with E-state index in [9.17, 15) is 4.79 Å². The number of amides is 2. The largest absolute Gasteiger partial charge is 0.337 e. The van der Waals surface area contributed by atoms with E-state index in [2.05, 4.69) is 15.2 Å². The fraction of sp³-hybridized carbons (Fsp3) is 0.412. The maximum absolute atomic E-state index is 12.3. The third-order valence-electron chi connectivity index (χ3n) is 3.97. The van der Waals surface area contributed by atoms with Crippen molar-refractivity contribution in [3.8, 4) is 0 Å².